The number of nitro groups is 1. The van der Waals surface area contributed by atoms with Crippen LogP contribution in [0.2, 0.25) is 0 Å². The second kappa shape index (κ2) is 6.29. The van der Waals surface area contributed by atoms with Gasteiger partial charge < -0.3 is 10.6 Å². The van der Waals surface area contributed by atoms with E-state index in [0.717, 1.165) is 10.9 Å². The molecule has 0 aliphatic rings. The molecule has 0 atom stereocenters. The molecule has 3 aromatic rings. The quantitative estimate of drug-likeness (QED) is 0.568. The molecule has 2 N–H and O–H groups in total. The van der Waals surface area contributed by atoms with Crippen LogP contribution in [0.15, 0.2) is 47.8 Å². The fourth-order valence-corrected chi connectivity index (χ4v) is 3.60. The number of benzene rings is 2. The van der Waals surface area contributed by atoms with Crippen LogP contribution >= 0.6 is 11.3 Å². The highest BCUT2D eigenvalue weighted by molar-refractivity contribution is 7.17. The Morgan fingerprint density at radius 1 is 1.29 bits per heavy atom. The molecule has 122 valence electrons. The molecule has 0 unspecified atom stereocenters. The maximum atomic E-state index is 11.3. The maximum absolute atomic E-state index is 11.3. The number of anilines is 1. The van der Waals surface area contributed by atoms with Crippen LogP contribution in [-0.2, 0) is 6.54 Å². The lowest BCUT2D eigenvalue weighted by Crippen LogP contribution is -2.18. The monoisotopic (exact) mass is 341 g/mol. The van der Waals surface area contributed by atoms with E-state index in [2.05, 4.69) is 5.38 Å². The molecule has 0 spiro atoms. The summed E-state index contributed by atoms with van der Waals surface area (Å²) in [5, 5.41) is 14.5. The minimum absolute atomic E-state index is 0.125. The number of amides is 1. The van der Waals surface area contributed by atoms with Crippen LogP contribution in [-0.4, -0.2) is 17.9 Å². The lowest BCUT2D eigenvalue weighted by atomic mass is 10.1. The second-order valence-electron chi connectivity index (χ2n) is 5.44. The molecule has 1 heterocycles. The maximum Gasteiger partial charge on any atom is 0.293 e. The average molecular weight is 341 g/mol. The molecule has 3 rings (SSSR count). The highest BCUT2D eigenvalue weighted by atomic mass is 32.1. The zero-order valence-corrected chi connectivity index (χ0v) is 13.7. The van der Waals surface area contributed by atoms with Gasteiger partial charge in [-0.3, -0.25) is 14.9 Å². The molecular formula is C17H15N3O3S. The van der Waals surface area contributed by atoms with Crippen molar-refractivity contribution < 1.29 is 9.72 Å². The number of hydrogen-bond acceptors (Lipinski definition) is 5. The summed E-state index contributed by atoms with van der Waals surface area (Å²) in [6.45, 7) is 0.529. The Hall–Kier alpha value is -2.93. The first-order valence-electron chi connectivity index (χ1n) is 7.22. The minimum atomic E-state index is -0.684. The van der Waals surface area contributed by atoms with Gasteiger partial charge in [-0.2, -0.15) is 0 Å². The number of thiophene rings is 1. The van der Waals surface area contributed by atoms with E-state index >= 15 is 0 Å². The van der Waals surface area contributed by atoms with E-state index in [1.807, 2.05) is 24.3 Å². The number of fused-ring (bicyclic) bond motifs is 1. The van der Waals surface area contributed by atoms with E-state index in [1.165, 1.54) is 16.8 Å². The van der Waals surface area contributed by atoms with Gasteiger partial charge in [0.1, 0.15) is 5.69 Å². The van der Waals surface area contributed by atoms with Crippen molar-refractivity contribution in [3.8, 4) is 0 Å². The molecule has 2 aromatic carbocycles. The highest BCUT2D eigenvalue weighted by Crippen LogP contribution is 2.32. The lowest BCUT2D eigenvalue weighted by molar-refractivity contribution is -0.384. The SMILES string of the molecule is CN(Cc1csc2ccccc12)c1ccc(C(N)=O)cc1[N+](=O)[O-]. The summed E-state index contributed by atoms with van der Waals surface area (Å²) in [7, 11) is 1.79. The topological polar surface area (TPSA) is 89.5 Å². The van der Waals surface area contributed by atoms with Gasteiger partial charge in [0.05, 0.1) is 4.92 Å². The van der Waals surface area contributed by atoms with Gasteiger partial charge in [0, 0.05) is 29.9 Å². The number of nitro benzene ring substituents is 1. The predicted molar refractivity (Wildman–Crippen MR) is 95.5 cm³/mol. The van der Waals surface area contributed by atoms with Gasteiger partial charge in [-0.05, 0) is 34.5 Å². The van der Waals surface area contributed by atoms with E-state index in [1.54, 1.807) is 29.4 Å². The van der Waals surface area contributed by atoms with Crippen LogP contribution in [0.4, 0.5) is 11.4 Å². The summed E-state index contributed by atoms with van der Waals surface area (Å²) in [6, 6.07) is 12.3. The third kappa shape index (κ3) is 2.93. The minimum Gasteiger partial charge on any atom is -0.366 e. The van der Waals surface area contributed by atoms with E-state index in [4.69, 9.17) is 5.73 Å². The van der Waals surface area contributed by atoms with Crippen LogP contribution in [0.25, 0.3) is 10.1 Å². The fourth-order valence-electron chi connectivity index (χ4n) is 2.64. The fraction of sp³-hybridized carbons (Fsp3) is 0.118. The summed E-state index contributed by atoms with van der Waals surface area (Å²) >= 11 is 1.65. The Balaban J connectivity index is 1.96. The van der Waals surface area contributed by atoms with Gasteiger partial charge in [-0.1, -0.05) is 18.2 Å². The molecule has 0 saturated carbocycles. The molecule has 0 aliphatic carbocycles. The van der Waals surface area contributed by atoms with E-state index < -0.39 is 10.8 Å². The smallest absolute Gasteiger partial charge is 0.293 e. The van der Waals surface area contributed by atoms with E-state index in [9.17, 15) is 14.9 Å². The third-order valence-electron chi connectivity index (χ3n) is 3.84. The molecule has 0 aliphatic heterocycles. The lowest BCUT2D eigenvalue weighted by Gasteiger charge is -2.19. The zero-order valence-electron chi connectivity index (χ0n) is 12.9. The van der Waals surface area contributed by atoms with Gasteiger partial charge in [0.15, 0.2) is 0 Å². The van der Waals surface area contributed by atoms with Crippen LogP contribution in [0.3, 0.4) is 0 Å². The van der Waals surface area contributed by atoms with Gasteiger partial charge >= 0.3 is 0 Å². The number of nitrogens with two attached hydrogens (primary N) is 1. The molecule has 24 heavy (non-hydrogen) atoms. The van der Waals surface area contributed by atoms with Crippen LogP contribution in [0.1, 0.15) is 15.9 Å². The van der Waals surface area contributed by atoms with Crippen molar-refractivity contribution >= 4 is 38.7 Å². The number of primary amides is 1. The second-order valence-corrected chi connectivity index (χ2v) is 6.35. The van der Waals surface area contributed by atoms with Gasteiger partial charge in [-0.25, -0.2) is 0 Å². The number of nitrogens with zero attached hydrogens (tertiary/aromatic N) is 2. The molecular weight excluding hydrogens is 326 g/mol. The summed E-state index contributed by atoms with van der Waals surface area (Å²) < 4.78 is 1.18. The van der Waals surface area contributed by atoms with Crippen LogP contribution < -0.4 is 10.6 Å². The molecule has 7 heteroatoms. The summed E-state index contributed by atoms with van der Waals surface area (Å²) in [5.74, 6) is -0.684. The van der Waals surface area contributed by atoms with Gasteiger partial charge in [0.2, 0.25) is 5.91 Å². The van der Waals surface area contributed by atoms with Crippen molar-refractivity contribution in [1.82, 2.24) is 0 Å². The normalized spacial score (nSPS) is 10.7. The molecule has 1 aromatic heterocycles. The third-order valence-corrected chi connectivity index (χ3v) is 4.85. The average Bonchev–Trinajstić information content (AvgIpc) is 2.97. The molecule has 1 amide bonds. The first kappa shape index (κ1) is 15.9. The van der Waals surface area contributed by atoms with Crippen molar-refractivity contribution in [1.29, 1.82) is 0 Å². The Kier molecular flexibility index (Phi) is 4.18. The van der Waals surface area contributed by atoms with Crippen molar-refractivity contribution in [2.75, 3.05) is 11.9 Å². The first-order chi connectivity index (χ1) is 11.5. The van der Waals surface area contributed by atoms with E-state index in [-0.39, 0.29) is 11.3 Å². The Morgan fingerprint density at radius 3 is 2.75 bits per heavy atom. The summed E-state index contributed by atoms with van der Waals surface area (Å²) in [5.41, 5.74) is 6.75. The number of hydrogen-bond donors (Lipinski definition) is 1. The molecule has 6 nitrogen and oxygen atoms in total. The Morgan fingerprint density at radius 2 is 2.04 bits per heavy atom. The number of carbonyl (C=O) groups excluding carboxylic acids is 1. The molecule has 0 bridgehead atoms. The largest absolute Gasteiger partial charge is 0.366 e. The zero-order chi connectivity index (χ0) is 17.3. The van der Waals surface area contributed by atoms with Crippen molar-refractivity contribution in [3.05, 3.63) is 69.1 Å². The number of carbonyl (C=O) groups is 1. The van der Waals surface area contributed by atoms with Crippen LogP contribution in [0, 0.1) is 10.1 Å². The Labute approximate surface area is 142 Å². The van der Waals surface area contributed by atoms with Gasteiger partial charge in [0.25, 0.3) is 5.69 Å². The summed E-state index contributed by atoms with van der Waals surface area (Å²) in [6.07, 6.45) is 0. The first-order valence-corrected chi connectivity index (χ1v) is 8.10. The molecule has 0 radical (unpaired) electrons. The van der Waals surface area contributed by atoms with Gasteiger partial charge in [-0.15, -0.1) is 11.3 Å². The van der Waals surface area contributed by atoms with Crippen molar-refractivity contribution in [3.63, 3.8) is 0 Å². The standard InChI is InChI=1S/C17H15N3O3S/c1-19(9-12-10-24-16-5-3-2-4-13(12)16)14-7-6-11(17(18)21)8-15(14)20(22)23/h2-8,10H,9H2,1H3,(H2,18,21). The van der Waals surface area contributed by atoms with Crippen LogP contribution in [0.5, 0.6) is 0 Å². The van der Waals surface area contributed by atoms with Crippen molar-refractivity contribution in [2.45, 2.75) is 6.54 Å². The number of rotatable bonds is 5. The Bertz CT molecular complexity index is 936. The highest BCUT2D eigenvalue weighted by Gasteiger charge is 2.20. The van der Waals surface area contributed by atoms with E-state index in [0.29, 0.717) is 12.2 Å². The molecule has 0 fully saturated rings. The molecule has 0 saturated heterocycles. The predicted octanol–water partition coefficient (Wildman–Crippen LogP) is 3.54. The van der Waals surface area contributed by atoms with Crippen molar-refractivity contribution in [2.24, 2.45) is 5.73 Å². The summed E-state index contributed by atoms with van der Waals surface area (Å²) in [4.78, 5) is 23.9.